The highest BCUT2D eigenvalue weighted by Crippen LogP contribution is 2.14. The van der Waals surface area contributed by atoms with Crippen LogP contribution in [-0.2, 0) is 0 Å². The molecule has 0 fully saturated rings. The van der Waals surface area contributed by atoms with Crippen LogP contribution >= 0.6 is 0 Å². The molecule has 0 radical (unpaired) electrons. The van der Waals surface area contributed by atoms with Crippen LogP contribution in [0.25, 0.3) is 0 Å². The summed E-state index contributed by atoms with van der Waals surface area (Å²) < 4.78 is 0. The molecule has 10 heavy (non-hydrogen) atoms. The molecule has 0 rings (SSSR count). The molecule has 0 aromatic rings. The molecule has 0 spiro atoms. The van der Waals surface area contributed by atoms with Gasteiger partial charge in [-0.15, -0.1) is 0 Å². The SMILES string of the molecule is CCC(C)C(O)CC(C)C. The Bertz CT molecular complexity index is 78.8. The van der Waals surface area contributed by atoms with Gasteiger partial charge in [0.05, 0.1) is 6.10 Å². The lowest BCUT2D eigenvalue weighted by atomic mass is 9.94. The maximum Gasteiger partial charge on any atom is 0.0568 e. The Hall–Kier alpha value is -0.0400. The average Bonchev–Trinajstić information content (AvgIpc) is 1.85. The quantitative estimate of drug-likeness (QED) is 0.642. The summed E-state index contributed by atoms with van der Waals surface area (Å²) in [6.07, 6.45) is 1.92. The molecule has 0 aliphatic heterocycles. The topological polar surface area (TPSA) is 20.2 Å². The smallest absolute Gasteiger partial charge is 0.0568 e. The van der Waals surface area contributed by atoms with Crippen molar-refractivity contribution < 1.29 is 5.11 Å². The lowest BCUT2D eigenvalue weighted by molar-refractivity contribution is 0.0928. The molecule has 2 atom stereocenters. The van der Waals surface area contributed by atoms with Crippen LogP contribution in [0, 0.1) is 11.8 Å². The van der Waals surface area contributed by atoms with Crippen molar-refractivity contribution in [2.45, 2.75) is 46.6 Å². The number of aliphatic hydroxyl groups is 1. The second-order valence-electron chi connectivity index (χ2n) is 3.58. The molecule has 0 aromatic heterocycles. The first-order valence-electron chi connectivity index (χ1n) is 4.26. The van der Waals surface area contributed by atoms with Crippen LogP contribution in [0.1, 0.15) is 40.5 Å². The summed E-state index contributed by atoms with van der Waals surface area (Å²) in [6, 6.07) is 0. The maximum atomic E-state index is 9.49. The van der Waals surface area contributed by atoms with Gasteiger partial charge in [0.25, 0.3) is 0 Å². The molecule has 1 heteroatoms. The van der Waals surface area contributed by atoms with E-state index in [4.69, 9.17) is 0 Å². The number of hydrogen-bond donors (Lipinski definition) is 1. The van der Waals surface area contributed by atoms with Gasteiger partial charge < -0.3 is 5.11 Å². The van der Waals surface area contributed by atoms with Gasteiger partial charge in [-0.05, 0) is 18.3 Å². The van der Waals surface area contributed by atoms with Crippen LogP contribution in [0.15, 0.2) is 0 Å². The van der Waals surface area contributed by atoms with Crippen molar-refractivity contribution in [3.63, 3.8) is 0 Å². The van der Waals surface area contributed by atoms with E-state index in [2.05, 4.69) is 27.7 Å². The molecule has 0 heterocycles. The van der Waals surface area contributed by atoms with E-state index >= 15 is 0 Å². The summed E-state index contributed by atoms with van der Waals surface area (Å²) in [6.45, 7) is 8.51. The molecule has 0 saturated carbocycles. The van der Waals surface area contributed by atoms with E-state index in [1.165, 1.54) is 0 Å². The van der Waals surface area contributed by atoms with Gasteiger partial charge in [0.2, 0.25) is 0 Å². The van der Waals surface area contributed by atoms with Crippen molar-refractivity contribution in [2.24, 2.45) is 11.8 Å². The van der Waals surface area contributed by atoms with E-state index in [1.54, 1.807) is 0 Å². The summed E-state index contributed by atoms with van der Waals surface area (Å²) in [5, 5.41) is 9.49. The highest BCUT2D eigenvalue weighted by molar-refractivity contribution is 4.64. The molecule has 0 amide bonds. The Morgan fingerprint density at radius 3 is 2.00 bits per heavy atom. The fraction of sp³-hybridized carbons (Fsp3) is 1.00. The predicted molar refractivity (Wildman–Crippen MR) is 44.9 cm³/mol. The van der Waals surface area contributed by atoms with Crippen molar-refractivity contribution in [3.8, 4) is 0 Å². The van der Waals surface area contributed by atoms with Gasteiger partial charge in [-0.2, -0.15) is 0 Å². The highest BCUT2D eigenvalue weighted by Gasteiger charge is 2.12. The van der Waals surface area contributed by atoms with Crippen LogP contribution in [0.2, 0.25) is 0 Å². The van der Waals surface area contributed by atoms with E-state index in [1.807, 2.05) is 0 Å². The summed E-state index contributed by atoms with van der Waals surface area (Å²) in [5.74, 6) is 1.08. The molecule has 0 saturated heterocycles. The molecule has 0 aromatic carbocycles. The van der Waals surface area contributed by atoms with Gasteiger partial charge in [0.1, 0.15) is 0 Å². The monoisotopic (exact) mass is 144 g/mol. The Morgan fingerprint density at radius 2 is 1.70 bits per heavy atom. The van der Waals surface area contributed by atoms with Crippen LogP contribution in [0.5, 0.6) is 0 Å². The molecule has 0 aliphatic rings. The third-order valence-electron chi connectivity index (χ3n) is 2.01. The lowest BCUT2D eigenvalue weighted by Crippen LogP contribution is -2.18. The van der Waals surface area contributed by atoms with E-state index < -0.39 is 0 Å². The van der Waals surface area contributed by atoms with E-state index in [0.717, 1.165) is 12.8 Å². The molecule has 1 nitrogen and oxygen atoms in total. The van der Waals surface area contributed by atoms with Crippen LogP contribution < -0.4 is 0 Å². The molecule has 2 unspecified atom stereocenters. The van der Waals surface area contributed by atoms with Gasteiger partial charge in [0.15, 0.2) is 0 Å². The Kier molecular flexibility index (Phi) is 4.71. The van der Waals surface area contributed by atoms with Gasteiger partial charge in [-0.25, -0.2) is 0 Å². The Balaban J connectivity index is 3.50. The minimum atomic E-state index is -0.0926. The Labute approximate surface area is 64.5 Å². The predicted octanol–water partition coefficient (Wildman–Crippen LogP) is 2.44. The number of rotatable bonds is 4. The standard InChI is InChI=1S/C9H20O/c1-5-8(4)9(10)6-7(2)3/h7-10H,5-6H2,1-4H3. The van der Waals surface area contributed by atoms with Crippen molar-refractivity contribution in [1.29, 1.82) is 0 Å². The van der Waals surface area contributed by atoms with Crippen LogP contribution in [-0.4, -0.2) is 11.2 Å². The maximum absolute atomic E-state index is 9.49. The zero-order valence-corrected chi connectivity index (χ0v) is 7.59. The van der Waals surface area contributed by atoms with E-state index in [9.17, 15) is 5.11 Å². The minimum Gasteiger partial charge on any atom is -0.393 e. The van der Waals surface area contributed by atoms with Crippen molar-refractivity contribution in [1.82, 2.24) is 0 Å². The molecular weight excluding hydrogens is 124 g/mol. The third-order valence-corrected chi connectivity index (χ3v) is 2.01. The van der Waals surface area contributed by atoms with Gasteiger partial charge in [-0.1, -0.05) is 34.1 Å². The van der Waals surface area contributed by atoms with Gasteiger partial charge in [0, 0.05) is 0 Å². The van der Waals surface area contributed by atoms with E-state index in [0.29, 0.717) is 11.8 Å². The number of aliphatic hydroxyl groups excluding tert-OH is 1. The summed E-state index contributed by atoms with van der Waals surface area (Å²) in [4.78, 5) is 0. The van der Waals surface area contributed by atoms with Crippen LogP contribution in [0.3, 0.4) is 0 Å². The highest BCUT2D eigenvalue weighted by atomic mass is 16.3. The lowest BCUT2D eigenvalue weighted by Gasteiger charge is -2.18. The summed E-state index contributed by atoms with van der Waals surface area (Å²) in [7, 11) is 0. The normalized spacial score (nSPS) is 17.4. The van der Waals surface area contributed by atoms with E-state index in [-0.39, 0.29) is 6.10 Å². The van der Waals surface area contributed by atoms with Crippen molar-refractivity contribution >= 4 is 0 Å². The zero-order valence-electron chi connectivity index (χ0n) is 7.59. The summed E-state index contributed by atoms with van der Waals surface area (Å²) >= 11 is 0. The van der Waals surface area contributed by atoms with Crippen molar-refractivity contribution in [3.05, 3.63) is 0 Å². The first-order chi connectivity index (χ1) is 4.57. The fourth-order valence-electron chi connectivity index (χ4n) is 0.987. The molecular formula is C9H20O. The molecule has 0 aliphatic carbocycles. The molecule has 62 valence electrons. The first kappa shape index (κ1) is 9.96. The average molecular weight is 144 g/mol. The molecule has 1 N–H and O–H groups in total. The first-order valence-corrected chi connectivity index (χ1v) is 4.26. The largest absolute Gasteiger partial charge is 0.393 e. The summed E-state index contributed by atoms with van der Waals surface area (Å²) in [5.41, 5.74) is 0. The zero-order chi connectivity index (χ0) is 8.15. The number of hydrogen-bond acceptors (Lipinski definition) is 1. The third kappa shape index (κ3) is 3.89. The second-order valence-corrected chi connectivity index (χ2v) is 3.58. The van der Waals surface area contributed by atoms with Gasteiger partial charge in [-0.3, -0.25) is 0 Å². The van der Waals surface area contributed by atoms with Gasteiger partial charge >= 0.3 is 0 Å². The second kappa shape index (κ2) is 4.73. The molecule has 0 bridgehead atoms. The van der Waals surface area contributed by atoms with Crippen LogP contribution in [0.4, 0.5) is 0 Å². The fourth-order valence-corrected chi connectivity index (χ4v) is 0.987. The Morgan fingerprint density at radius 1 is 1.20 bits per heavy atom. The minimum absolute atomic E-state index is 0.0926. The van der Waals surface area contributed by atoms with Crippen molar-refractivity contribution in [2.75, 3.05) is 0 Å².